The van der Waals surface area contributed by atoms with Gasteiger partial charge >= 0.3 is 0 Å². The summed E-state index contributed by atoms with van der Waals surface area (Å²) in [6, 6.07) is 9.64. The van der Waals surface area contributed by atoms with Crippen LogP contribution in [0.3, 0.4) is 0 Å². The molecule has 1 unspecified atom stereocenters. The molecule has 22 heavy (non-hydrogen) atoms. The molecule has 0 saturated carbocycles. The number of hydrogen-bond acceptors (Lipinski definition) is 4. The molecule has 4 nitrogen and oxygen atoms in total. The standard InChI is InChI=1S/C18H20O4/c1-11-15(19)6-4-13-8-14(10-22-18(11)13)12-5-7-16(20-2)17(9-12)21-3/h4-7,9,14,19H,8,10H2,1-3H3. The van der Waals surface area contributed by atoms with E-state index in [2.05, 4.69) is 0 Å². The molecule has 3 rings (SSSR count). The van der Waals surface area contributed by atoms with Gasteiger partial charge in [-0.25, -0.2) is 0 Å². The summed E-state index contributed by atoms with van der Waals surface area (Å²) >= 11 is 0. The van der Waals surface area contributed by atoms with E-state index >= 15 is 0 Å². The molecule has 2 aromatic carbocycles. The number of methoxy groups -OCH3 is 2. The number of phenolic OH excluding ortho intramolecular Hbond substituents is 1. The van der Waals surface area contributed by atoms with Crippen molar-refractivity contribution < 1.29 is 19.3 Å². The van der Waals surface area contributed by atoms with Gasteiger partial charge in [0.1, 0.15) is 11.5 Å². The number of benzene rings is 2. The SMILES string of the molecule is COc1ccc(C2COc3c(ccc(O)c3C)C2)cc1OC. The molecule has 1 aliphatic heterocycles. The van der Waals surface area contributed by atoms with Crippen LogP contribution in [0.25, 0.3) is 0 Å². The third-order valence-electron chi connectivity index (χ3n) is 4.23. The summed E-state index contributed by atoms with van der Waals surface area (Å²) in [5.74, 6) is 2.81. The van der Waals surface area contributed by atoms with E-state index in [4.69, 9.17) is 14.2 Å². The van der Waals surface area contributed by atoms with E-state index in [0.717, 1.165) is 40.4 Å². The molecular formula is C18H20O4. The van der Waals surface area contributed by atoms with Gasteiger partial charge in [0, 0.05) is 11.5 Å². The maximum atomic E-state index is 9.77. The normalized spacial score (nSPS) is 16.6. The third kappa shape index (κ3) is 2.45. The molecule has 0 bridgehead atoms. The lowest BCUT2D eigenvalue weighted by Gasteiger charge is -2.27. The van der Waals surface area contributed by atoms with Gasteiger partial charge < -0.3 is 19.3 Å². The van der Waals surface area contributed by atoms with Gasteiger partial charge in [-0.05, 0) is 42.7 Å². The summed E-state index contributed by atoms with van der Waals surface area (Å²) in [5, 5.41) is 9.77. The Kier molecular flexibility index (Phi) is 3.84. The molecule has 0 spiro atoms. The lowest BCUT2D eigenvalue weighted by molar-refractivity contribution is 0.258. The van der Waals surface area contributed by atoms with Crippen LogP contribution >= 0.6 is 0 Å². The van der Waals surface area contributed by atoms with Crippen LogP contribution < -0.4 is 14.2 Å². The average molecular weight is 300 g/mol. The molecule has 0 amide bonds. The highest BCUT2D eigenvalue weighted by Crippen LogP contribution is 2.39. The predicted molar refractivity (Wildman–Crippen MR) is 84.3 cm³/mol. The largest absolute Gasteiger partial charge is 0.508 e. The average Bonchev–Trinajstić information content (AvgIpc) is 2.57. The number of ether oxygens (including phenoxy) is 3. The highest BCUT2D eigenvalue weighted by Gasteiger charge is 2.24. The van der Waals surface area contributed by atoms with Gasteiger partial charge in [0.05, 0.1) is 20.8 Å². The zero-order valence-electron chi connectivity index (χ0n) is 13.1. The van der Waals surface area contributed by atoms with Crippen LogP contribution in [0.2, 0.25) is 0 Å². The summed E-state index contributed by atoms with van der Waals surface area (Å²) < 4.78 is 16.6. The van der Waals surface area contributed by atoms with E-state index in [1.807, 2.05) is 31.2 Å². The minimum absolute atomic E-state index is 0.260. The van der Waals surface area contributed by atoms with Crippen LogP contribution in [0.5, 0.6) is 23.0 Å². The fourth-order valence-electron chi connectivity index (χ4n) is 2.93. The van der Waals surface area contributed by atoms with Crippen LogP contribution in [0, 0.1) is 6.92 Å². The Morgan fingerprint density at radius 3 is 2.59 bits per heavy atom. The Labute approximate surface area is 130 Å². The van der Waals surface area contributed by atoms with Gasteiger partial charge in [-0.3, -0.25) is 0 Å². The molecule has 116 valence electrons. The molecular weight excluding hydrogens is 280 g/mol. The molecule has 0 fully saturated rings. The van der Waals surface area contributed by atoms with E-state index in [9.17, 15) is 5.11 Å². The topological polar surface area (TPSA) is 47.9 Å². The maximum absolute atomic E-state index is 9.77. The van der Waals surface area contributed by atoms with Crippen molar-refractivity contribution in [3.63, 3.8) is 0 Å². The fraction of sp³-hybridized carbons (Fsp3) is 0.333. The van der Waals surface area contributed by atoms with Gasteiger partial charge in [-0.1, -0.05) is 12.1 Å². The Balaban J connectivity index is 1.90. The van der Waals surface area contributed by atoms with Crippen LogP contribution in [-0.2, 0) is 6.42 Å². The van der Waals surface area contributed by atoms with E-state index in [-0.39, 0.29) is 11.7 Å². The van der Waals surface area contributed by atoms with Crippen molar-refractivity contribution in [2.45, 2.75) is 19.3 Å². The van der Waals surface area contributed by atoms with Crippen molar-refractivity contribution >= 4 is 0 Å². The monoisotopic (exact) mass is 300 g/mol. The minimum Gasteiger partial charge on any atom is -0.508 e. The summed E-state index contributed by atoms with van der Waals surface area (Å²) in [7, 11) is 3.27. The first kappa shape index (κ1) is 14.6. The van der Waals surface area contributed by atoms with E-state index in [0.29, 0.717) is 6.61 Å². The van der Waals surface area contributed by atoms with E-state index in [1.54, 1.807) is 20.3 Å². The first-order valence-electron chi connectivity index (χ1n) is 7.30. The van der Waals surface area contributed by atoms with E-state index < -0.39 is 0 Å². The molecule has 0 saturated heterocycles. The van der Waals surface area contributed by atoms with Crippen molar-refractivity contribution in [1.29, 1.82) is 0 Å². The molecule has 2 aromatic rings. The van der Waals surface area contributed by atoms with Gasteiger partial charge in [0.15, 0.2) is 11.5 Å². The first-order chi connectivity index (χ1) is 10.6. The second-order valence-electron chi connectivity index (χ2n) is 5.52. The summed E-state index contributed by atoms with van der Waals surface area (Å²) in [6.07, 6.45) is 0.881. The van der Waals surface area contributed by atoms with Gasteiger partial charge in [-0.15, -0.1) is 0 Å². The molecule has 0 radical (unpaired) electrons. The summed E-state index contributed by atoms with van der Waals surface area (Å²) in [6.45, 7) is 2.47. The van der Waals surface area contributed by atoms with Crippen LogP contribution in [0.1, 0.15) is 22.6 Å². The Morgan fingerprint density at radius 2 is 1.86 bits per heavy atom. The molecule has 1 atom stereocenters. The van der Waals surface area contributed by atoms with Crippen molar-refractivity contribution in [3.05, 3.63) is 47.0 Å². The van der Waals surface area contributed by atoms with Gasteiger partial charge in [0.2, 0.25) is 0 Å². The highest BCUT2D eigenvalue weighted by atomic mass is 16.5. The molecule has 1 aliphatic rings. The smallest absolute Gasteiger partial charge is 0.160 e. The van der Waals surface area contributed by atoms with Gasteiger partial charge in [-0.2, -0.15) is 0 Å². The number of phenols is 1. The lowest BCUT2D eigenvalue weighted by atomic mass is 9.89. The molecule has 1 heterocycles. The number of rotatable bonds is 3. The van der Waals surface area contributed by atoms with Crippen molar-refractivity contribution in [2.24, 2.45) is 0 Å². The number of hydrogen-bond donors (Lipinski definition) is 1. The van der Waals surface area contributed by atoms with E-state index in [1.165, 1.54) is 0 Å². The highest BCUT2D eigenvalue weighted by molar-refractivity contribution is 5.51. The number of fused-ring (bicyclic) bond motifs is 1. The molecule has 0 aliphatic carbocycles. The maximum Gasteiger partial charge on any atom is 0.160 e. The molecule has 4 heteroatoms. The van der Waals surface area contributed by atoms with Crippen LogP contribution in [0.4, 0.5) is 0 Å². The van der Waals surface area contributed by atoms with Crippen LogP contribution in [0.15, 0.2) is 30.3 Å². The number of aromatic hydroxyl groups is 1. The Bertz CT molecular complexity index is 694. The zero-order chi connectivity index (χ0) is 15.7. The van der Waals surface area contributed by atoms with Crippen molar-refractivity contribution in [3.8, 4) is 23.0 Å². The molecule has 0 aromatic heterocycles. The second kappa shape index (κ2) is 5.79. The zero-order valence-corrected chi connectivity index (χ0v) is 13.1. The van der Waals surface area contributed by atoms with Crippen molar-refractivity contribution in [1.82, 2.24) is 0 Å². The lowest BCUT2D eigenvalue weighted by Crippen LogP contribution is -2.20. The van der Waals surface area contributed by atoms with Crippen LogP contribution in [-0.4, -0.2) is 25.9 Å². The van der Waals surface area contributed by atoms with Crippen molar-refractivity contribution in [2.75, 3.05) is 20.8 Å². The second-order valence-corrected chi connectivity index (χ2v) is 5.52. The first-order valence-corrected chi connectivity index (χ1v) is 7.30. The molecule has 1 N–H and O–H groups in total. The fourth-order valence-corrected chi connectivity index (χ4v) is 2.93. The quantitative estimate of drug-likeness (QED) is 0.943. The minimum atomic E-state index is 0.260. The Hall–Kier alpha value is -2.36. The van der Waals surface area contributed by atoms with Gasteiger partial charge in [0.25, 0.3) is 0 Å². The Morgan fingerprint density at radius 1 is 1.09 bits per heavy atom. The summed E-state index contributed by atoms with van der Waals surface area (Å²) in [5.41, 5.74) is 3.10. The summed E-state index contributed by atoms with van der Waals surface area (Å²) in [4.78, 5) is 0. The predicted octanol–water partition coefficient (Wildman–Crippen LogP) is 3.44. The third-order valence-corrected chi connectivity index (χ3v) is 4.23.